The highest BCUT2D eigenvalue weighted by Gasteiger charge is 2.42. The van der Waals surface area contributed by atoms with Crippen LogP contribution in [0.5, 0.6) is 0 Å². The van der Waals surface area contributed by atoms with Gasteiger partial charge in [0.2, 0.25) is 11.8 Å². The molecule has 0 spiro atoms. The van der Waals surface area contributed by atoms with Crippen LogP contribution in [0.3, 0.4) is 0 Å². The third-order valence-corrected chi connectivity index (χ3v) is 5.18. The Morgan fingerprint density at radius 3 is 2.35 bits per heavy atom. The summed E-state index contributed by atoms with van der Waals surface area (Å²) in [6, 6.07) is 0.314. The molecule has 1 aliphatic heterocycles. The van der Waals surface area contributed by atoms with Crippen LogP contribution in [0.4, 0.5) is 0 Å². The number of nitrogens with one attached hydrogen (secondary N) is 1. The van der Waals surface area contributed by atoms with Gasteiger partial charge in [-0.25, -0.2) is 0 Å². The van der Waals surface area contributed by atoms with Crippen LogP contribution in [0, 0.1) is 5.41 Å². The van der Waals surface area contributed by atoms with Crippen LogP contribution in [-0.2, 0) is 9.59 Å². The van der Waals surface area contributed by atoms with E-state index >= 15 is 0 Å². The highest BCUT2D eigenvalue weighted by atomic mass is 16.2. The fourth-order valence-corrected chi connectivity index (χ4v) is 3.35. The Hall–Kier alpha value is -1.06. The molecule has 1 saturated carbocycles. The Morgan fingerprint density at radius 2 is 1.80 bits per heavy atom. The first-order valence-corrected chi connectivity index (χ1v) is 7.89. The first-order valence-electron chi connectivity index (χ1n) is 7.89. The SMILES string of the molecule is CCC1(C)NC(=O)CCN(C2CCC(C)(C)CC2)C1=O. The molecule has 1 heterocycles. The van der Waals surface area contributed by atoms with Gasteiger partial charge in [-0.05, 0) is 44.4 Å². The summed E-state index contributed by atoms with van der Waals surface area (Å²) in [4.78, 5) is 26.6. The Kier molecular flexibility index (Phi) is 4.12. The summed E-state index contributed by atoms with van der Waals surface area (Å²) in [5.74, 6) is 0.108. The average molecular weight is 280 g/mol. The van der Waals surface area contributed by atoms with E-state index < -0.39 is 5.54 Å². The zero-order valence-electron chi connectivity index (χ0n) is 13.3. The minimum Gasteiger partial charge on any atom is -0.342 e. The molecule has 1 atom stereocenters. The van der Waals surface area contributed by atoms with Gasteiger partial charge in [0.15, 0.2) is 0 Å². The van der Waals surface area contributed by atoms with Gasteiger partial charge in [0, 0.05) is 19.0 Å². The molecular weight excluding hydrogens is 252 g/mol. The third kappa shape index (κ3) is 2.99. The van der Waals surface area contributed by atoms with E-state index in [9.17, 15) is 9.59 Å². The van der Waals surface area contributed by atoms with Crippen molar-refractivity contribution in [1.29, 1.82) is 0 Å². The van der Waals surface area contributed by atoms with Gasteiger partial charge >= 0.3 is 0 Å². The number of hydrogen-bond donors (Lipinski definition) is 1. The van der Waals surface area contributed by atoms with Gasteiger partial charge < -0.3 is 10.2 Å². The molecular formula is C16H28N2O2. The van der Waals surface area contributed by atoms with Crippen molar-refractivity contribution in [2.75, 3.05) is 6.54 Å². The molecule has 2 rings (SSSR count). The minimum absolute atomic E-state index is 0.00124. The lowest BCUT2D eigenvalue weighted by Crippen LogP contribution is -2.57. The van der Waals surface area contributed by atoms with E-state index in [2.05, 4.69) is 19.2 Å². The van der Waals surface area contributed by atoms with Gasteiger partial charge in [0.1, 0.15) is 5.54 Å². The lowest BCUT2D eigenvalue weighted by molar-refractivity contribution is -0.141. The van der Waals surface area contributed by atoms with Crippen molar-refractivity contribution in [3.63, 3.8) is 0 Å². The van der Waals surface area contributed by atoms with E-state index in [1.807, 2.05) is 18.7 Å². The number of rotatable bonds is 2. The van der Waals surface area contributed by atoms with Crippen molar-refractivity contribution in [3.05, 3.63) is 0 Å². The van der Waals surface area contributed by atoms with Gasteiger partial charge in [-0.3, -0.25) is 9.59 Å². The summed E-state index contributed by atoms with van der Waals surface area (Å²) < 4.78 is 0. The lowest BCUT2D eigenvalue weighted by atomic mass is 9.75. The standard InChI is InChI=1S/C16H28N2O2/c1-5-16(4)14(20)18(11-8-13(19)17-16)12-6-9-15(2,3)10-7-12/h12H,5-11H2,1-4H3,(H,17,19). The van der Waals surface area contributed by atoms with Crippen LogP contribution in [0.15, 0.2) is 0 Å². The van der Waals surface area contributed by atoms with Gasteiger partial charge in [-0.1, -0.05) is 20.8 Å². The van der Waals surface area contributed by atoms with Crippen LogP contribution in [0.1, 0.15) is 66.2 Å². The zero-order chi connectivity index (χ0) is 15.0. The van der Waals surface area contributed by atoms with Crippen molar-refractivity contribution in [2.45, 2.75) is 77.8 Å². The van der Waals surface area contributed by atoms with Gasteiger partial charge in [0.05, 0.1) is 0 Å². The predicted molar refractivity (Wildman–Crippen MR) is 79.2 cm³/mol. The van der Waals surface area contributed by atoms with Crippen LogP contribution in [0.25, 0.3) is 0 Å². The molecule has 4 nitrogen and oxygen atoms in total. The average Bonchev–Trinajstić information content (AvgIpc) is 2.49. The quantitative estimate of drug-likeness (QED) is 0.844. The van der Waals surface area contributed by atoms with Crippen LogP contribution in [0.2, 0.25) is 0 Å². The monoisotopic (exact) mass is 280 g/mol. The van der Waals surface area contributed by atoms with Gasteiger partial charge in [0.25, 0.3) is 0 Å². The number of amides is 2. The van der Waals surface area contributed by atoms with Crippen molar-refractivity contribution < 1.29 is 9.59 Å². The highest BCUT2D eigenvalue weighted by molar-refractivity contribution is 5.93. The van der Waals surface area contributed by atoms with Crippen molar-refractivity contribution >= 4 is 11.8 Å². The normalized spacial score (nSPS) is 31.9. The topological polar surface area (TPSA) is 49.4 Å². The van der Waals surface area contributed by atoms with Crippen LogP contribution in [-0.4, -0.2) is 34.8 Å². The molecule has 4 heteroatoms. The van der Waals surface area contributed by atoms with Gasteiger partial charge in [-0.15, -0.1) is 0 Å². The highest BCUT2D eigenvalue weighted by Crippen LogP contribution is 2.37. The van der Waals surface area contributed by atoms with Gasteiger partial charge in [-0.2, -0.15) is 0 Å². The summed E-state index contributed by atoms with van der Waals surface area (Å²) in [5, 5.41) is 2.91. The molecule has 20 heavy (non-hydrogen) atoms. The largest absolute Gasteiger partial charge is 0.342 e. The second-order valence-electron chi connectivity index (χ2n) is 7.38. The zero-order valence-corrected chi connectivity index (χ0v) is 13.3. The molecule has 0 bridgehead atoms. The van der Waals surface area contributed by atoms with Crippen molar-refractivity contribution in [2.24, 2.45) is 5.41 Å². The molecule has 0 aromatic heterocycles. The van der Waals surface area contributed by atoms with Crippen LogP contribution < -0.4 is 5.32 Å². The van der Waals surface area contributed by atoms with E-state index in [4.69, 9.17) is 0 Å². The fourth-order valence-electron chi connectivity index (χ4n) is 3.35. The lowest BCUT2D eigenvalue weighted by Gasteiger charge is -2.42. The second-order valence-corrected chi connectivity index (χ2v) is 7.38. The van der Waals surface area contributed by atoms with E-state index in [1.54, 1.807) is 0 Å². The number of nitrogens with zero attached hydrogens (tertiary/aromatic N) is 1. The molecule has 2 fully saturated rings. The molecule has 0 radical (unpaired) electrons. The van der Waals surface area contributed by atoms with Crippen molar-refractivity contribution in [3.8, 4) is 0 Å². The van der Waals surface area contributed by atoms with E-state index in [-0.39, 0.29) is 11.8 Å². The maximum absolute atomic E-state index is 12.8. The Labute approximate surface area is 122 Å². The Balaban J connectivity index is 2.14. The number of carbonyl (C=O) groups excluding carboxylic acids is 2. The van der Waals surface area contributed by atoms with Crippen LogP contribution >= 0.6 is 0 Å². The molecule has 1 unspecified atom stereocenters. The summed E-state index contributed by atoms with van der Waals surface area (Å²) in [6.07, 6.45) is 5.52. The molecule has 1 saturated heterocycles. The molecule has 1 N–H and O–H groups in total. The maximum Gasteiger partial charge on any atom is 0.248 e. The second kappa shape index (κ2) is 5.38. The Bertz CT molecular complexity index is 395. The fraction of sp³-hybridized carbons (Fsp3) is 0.875. The molecule has 1 aliphatic carbocycles. The summed E-state index contributed by atoms with van der Waals surface area (Å²) >= 11 is 0. The first kappa shape index (κ1) is 15.3. The van der Waals surface area contributed by atoms with E-state index in [1.165, 1.54) is 0 Å². The van der Waals surface area contributed by atoms with E-state index in [0.29, 0.717) is 30.8 Å². The third-order valence-electron chi connectivity index (χ3n) is 5.18. The predicted octanol–water partition coefficient (Wildman–Crippen LogP) is 2.47. The Morgan fingerprint density at radius 1 is 1.20 bits per heavy atom. The smallest absolute Gasteiger partial charge is 0.248 e. The maximum atomic E-state index is 12.8. The number of carbonyl (C=O) groups is 2. The minimum atomic E-state index is -0.722. The summed E-state index contributed by atoms with van der Waals surface area (Å²) in [5.41, 5.74) is -0.325. The summed E-state index contributed by atoms with van der Waals surface area (Å²) in [6.45, 7) is 9.00. The first-order chi connectivity index (χ1) is 9.27. The molecule has 2 aliphatic rings. The molecule has 114 valence electrons. The van der Waals surface area contributed by atoms with Crippen molar-refractivity contribution in [1.82, 2.24) is 10.2 Å². The molecule has 2 amide bonds. The van der Waals surface area contributed by atoms with E-state index in [0.717, 1.165) is 25.7 Å². The number of hydrogen-bond acceptors (Lipinski definition) is 2. The summed E-state index contributed by atoms with van der Waals surface area (Å²) in [7, 11) is 0. The molecule has 0 aromatic rings. The molecule has 0 aromatic carbocycles.